The summed E-state index contributed by atoms with van der Waals surface area (Å²) in [6, 6.07) is 8.49. The molecule has 5 heteroatoms. The normalized spacial score (nSPS) is 26.5. The second-order valence-corrected chi connectivity index (χ2v) is 7.50. The van der Waals surface area contributed by atoms with E-state index in [0.717, 1.165) is 49.7 Å². The molecule has 1 saturated heterocycles. The maximum atomic E-state index is 6.20. The third-order valence-corrected chi connectivity index (χ3v) is 5.57. The first kappa shape index (κ1) is 16.8. The summed E-state index contributed by atoms with van der Waals surface area (Å²) in [6.07, 6.45) is 6.24. The summed E-state index contributed by atoms with van der Waals surface area (Å²) in [5.41, 5.74) is 1.28. The number of rotatable bonds is 4. The number of nitrogens with zero attached hydrogens (tertiary/aromatic N) is 3. The second kappa shape index (κ2) is 7.32. The molecule has 1 fully saturated rings. The maximum absolute atomic E-state index is 6.20. The van der Waals surface area contributed by atoms with E-state index in [4.69, 9.17) is 16.6 Å². The Morgan fingerprint density at radius 1 is 1.20 bits per heavy atom. The van der Waals surface area contributed by atoms with Crippen LogP contribution in [0.25, 0.3) is 5.70 Å². The van der Waals surface area contributed by atoms with Crippen LogP contribution >= 0.6 is 11.6 Å². The van der Waals surface area contributed by atoms with Crippen molar-refractivity contribution in [3.63, 3.8) is 0 Å². The molecule has 2 unspecified atom stereocenters. The van der Waals surface area contributed by atoms with E-state index in [9.17, 15) is 0 Å². The molecule has 1 aliphatic carbocycles. The average molecular weight is 357 g/mol. The fraction of sp³-hybridized carbons (Fsp3) is 0.450. The van der Waals surface area contributed by atoms with Gasteiger partial charge in [-0.15, -0.1) is 0 Å². The first-order chi connectivity index (χ1) is 12.2. The van der Waals surface area contributed by atoms with Crippen molar-refractivity contribution in [1.82, 2.24) is 15.1 Å². The minimum absolute atomic E-state index is 0.0959. The number of likely N-dealkylation sites (N-methyl/N-ethyl adjacent to an activating group) is 1. The number of piperazine rings is 1. The van der Waals surface area contributed by atoms with Crippen LogP contribution in [0, 0.1) is 5.92 Å². The van der Waals surface area contributed by atoms with Crippen molar-refractivity contribution in [1.29, 1.82) is 0 Å². The Balaban J connectivity index is 1.52. The summed E-state index contributed by atoms with van der Waals surface area (Å²) in [5.74, 6) is 0.255. The topological polar surface area (TPSA) is 30.9 Å². The predicted molar refractivity (Wildman–Crippen MR) is 103 cm³/mol. The predicted octanol–water partition coefficient (Wildman–Crippen LogP) is 0.942. The summed E-state index contributed by atoms with van der Waals surface area (Å²) < 4.78 is 0. The van der Waals surface area contributed by atoms with Crippen molar-refractivity contribution >= 4 is 17.3 Å². The number of para-hydroxylation sites is 1. The van der Waals surface area contributed by atoms with Gasteiger partial charge in [0.1, 0.15) is 0 Å². The van der Waals surface area contributed by atoms with Gasteiger partial charge in [0, 0.05) is 61.1 Å². The third kappa shape index (κ3) is 3.66. The van der Waals surface area contributed by atoms with Crippen LogP contribution < -0.4 is 15.9 Å². The number of allylic oxidation sites excluding steroid dienone is 2. The Hall–Kier alpha value is -1.62. The van der Waals surface area contributed by atoms with Gasteiger partial charge in [0.2, 0.25) is 0 Å². The Morgan fingerprint density at radius 3 is 2.84 bits per heavy atom. The lowest BCUT2D eigenvalue weighted by atomic mass is 9.89. The second-order valence-electron chi connectivity index (χ2n) is 7.06. The molecule has 1 aromatic carbocycles. The zero-order chi connectivity index (χ0) is 17.2. The molecule has 3 aliphatic rings. The minimum atomic E-state index is 0.0959. The van der Waals surface area contributed by atoms with Gasteiger partial charge in [0.05, 0.1) is 11.4 Å². The molecule has 0 spiro atoms. The summed E-state index contributed by atoms with van der Waals surface area (Å²) in [6.45, 7) is 6.67. The molecule has 2 heterocycles. The Bertz CT molecular complexity index is 805. The standard InChI is InChI=1S/C20H25ClN4/c1-24-10-12-25(13-11-24)9-8-22-20-16-4-2-3-5-18(16)23-19-14-15(21)6-7-17(19)20/h2-7,14,17,19,22H,8-13H2,1H3. The molecule has 25 heavy (non-hydrogen) atoms. The van der Waals surface area contributed by atoms with Crippen LogP contribution in [0.4, 0.5) is 0 Å². The van der Waals surface area contributed by atoms with Crippen LogP contribution in [0.3, 0.4) is 0 Å². The molecular weight excluding hydrogens is 332 g/mol. The molecule has 0 bridgehead atoms. The average Bonchev–Trinajstić information content (AvgIpc) is 2.62. The van der Waals surface area contributed by atoms with Crippen molar-refractivity contribution in [2.24, 2.45) is 10.9 Å². The molecule has 0 saturated carbocycles. The van der Waals surface area contributed by atoms with Gasteiger partial charge >= 0.3 is 0 Å². The van der Waals surface area contributed by atoms with Gasteiger partial charge in [-0.05, 0) is 25.3 Å². The fourth-order valence-electron chi connectivity index (χ4n) is 3.80. The summed E-state index contributed by atoms with van der Waals surface area (Å²) >= 11 is 6.20. The quantitative estimate of drug-likeness (QED) is 0.871. The fourth-order valence-corrected chi connectivity index (χ4v) is 4.01. The highest BCUT2D eigenvalue weighted by molar-refractivity contribution is 6.31. The molecule has 132 valence electrons. The monoisotopic (exact) mass is 356 g/mol. The van der Waals surface area contributed by atoms with Gasteiger partial charge < -0.3 is 10.2 Å². The third-order valence-electron chi connectivity index (χ3n) is 5.32. The van der Waals surface area contributed by atoms with Crippen molar-refractivity contribution in [3.8, 4) is 0 Å². The van der Waals surface area contributed by atoms with Crippen LogP contribution in [-0.4, -0.2) is 62.2 Å². The van der Waals surface area contributed by atoms with Gasteiger partial charge in [-0.3, -0.25) is 9.89 Å². The van der Waals surface area contributed by atoms with Gasteiger partial charge in [-0.25, -0.2) is 0 Å². The number of halogens is 1. The van der Waals surface area contributed by atoms with E-state index < -0.39 is 0 Å². The number of hydrogen-bond donors (Lipinski definition) is 1. The first-order valence-corrected chi connectivity index (χ1v) is 9.46. The zero-order valence-electron chi connectivity index (χ0n) is 14.7. The summed E-state index contributed by atoms with van der Waals surface area (Å²) in [7, 11) is 2.20. The smallest absolute Gasteiger partial charge is 0.0822 e. The van der Waals surface area contributed by atoms with Gasteiger partial charge in [-0.2, -0.15) is 0 Å². The molecule has 0 radical (unpaired) electrons. The van der Waals surface area contributed by atoms with Crippen molar-refractivity contribution < 1.29 is 0 Å². The van der Waals surface area contributed by atoms with Crippen LogP contribution in [0.15, 0.2) is 52.5 Å². The van der Waals surface area contributed by atoms with Gasteiger partial charge in [-0.1, -0.05) is 35.9 Å². The van der Waals surface area contributed by atoms with E-state index in [1.165, 1.54) is 10.9 Å². The van der Waals surface area contributed by atoms with Crippen LogP contribution in [0.2, 0.25) is 0 Å². The molecule has 4 rings (SSSR count). The van der Waals surface area contributed by atoms with Crippen LogP contribution in [0.5, 0.6) is 0 Å². The molecule has 0 amide bonds. The van der Waals surface area contributed by atoms with Crippen LogP contribution in [-0.2, 0) is 0 Å². The highest BCUT2D eigenvalue weighted by Crippen LogP contribution is 2.27. The number of benzene rings is 1. The molecule has 2 atom stereocenters. The summed E-state index contributed by atoms with van der Waals surface area (Å²) in [4.78, 5) is 9.82. The van der Waals surface area contributed by atoms with Crippen LogP contribution in [0.1, 0.15) is 0 Å². The van der Waals surface area contributed by atoms with E-state index in [-0.39, 0.29) is 12.0 Å². The number of nitrogens with one attached hydrogen (secondary N) is 1. The molecule has 1 N–H and O–H groups in total. The molecular formula is C20H25ClN4. The van der Waals surface area contributed by atoms with E-state index in [0.29, 0.717) is 0 Å². The van der Waals surface area contributed by atoms with Crippen molar-refractivity contribution in [3.05, 3.63) is 58.1 Å². The lowest BCUT2D eigenvalue weighted by molar-refractivity contribution is 0.156. The summed E-state index contributed by atoms with van der Waals surface area (Å²) in [5, 5.41) is 6.78. The number of fused-ring (bicyclic) bond motifs is 2. The molecule has 1 aromatic rings. The van der Waals surface area contributed by atoms with Gasteiger partial charge in [0.15, 0.2) is 0 Å². The van der Waals surface area contributed by atoms with E-state index in [2.05, 4.69) is 58.6 Å². The van der Waals surface area contributed by atoms with E-state index in [1.807, 2.05) is 6.08 Å². The van der Waals surface area contributed by atoms with Crippen molar-refractivity contribution in [2.75, 3.05) is 46.3 Å². The highest BCUT2D eigenvalue weighted by atomic mass is 35.5. The number of hydrogen-bond acceptors (Lipinski definition) is 4. The zero-order valence-corrected chi connectivity index (χ0v) is 15.4. The van der Waals surface area contributed by atoms with Gasteiger partial charge in [0.25, 0.3) is 0 Å². The SMILES string of the molecule is CN1CCN(CCNC2=c3ccccc3=NC3C=C(Cl)C=CC23)CC1. The Kier molecular flexibility index (Phi) is 4.93. The molecule has 0 aromatic heterocycles. The Morgan fingerprint density at radius 2 is 2.00 bits per heavy atom. The van der Waals surface area contributed by atoms with E-state index in [1.54, 1.807) is 0 Å². The molecule has 2 aliphatic heterocycles. The molecule has 4 nitrogen and oxygen atoms in total. The van der Waals surface area contributed by atoms with Crippen molar-refractivity contribution in [2.45, 2.75) is 6.04 Å². The Labute approximate surface area is 154 Å². The lowest BCUT2D eigenvalue weighted by Crippen LogP contribution is -2.48. The lowest BCUT2D eigenvalue weighted by Gasteiger charge is -2.33. The first-order valence-electron chi connectivity index (χ1n) is 9.08. The minimum Gasteiger partial charge on any atom is -0.386 e. The largest absolute Gasteiger partial charge is 0.386 e. The maximum Gasteiger partial charge on any atom is 0.0822 e. The highest BCUT2D eigenvalue weighted by Gasteiger charge is 2.27. The van der Waals surface area contributed by atoms with E-state index >= 15 is 0 Å².